The van der Waals surface area contributed by atoms with E-state index in [-0.39, 0.29) is 23.1 Å². The second-order valence-electron chi connectivity index (χ2n) is 8.58. The topological polar surface area (TPSA) is 62.6 Å². The van der Waals surface area contributed by atoms with Crippen LogP contribution in [0.15, 0.2) is 47.1 Å². The molecule has 146 valence electrons. The monoisotopic (exact) mass is 378 g/mol. The van der Waals surface area contributed by atoms with Crippen LogP contribution in [0, 0.1) is 0 Å². The maximum Gasteiger partial charge on any atom is 0.289 e. The van der Waals surface area contributed by atoms with Crippen LogP contribution in [0.2, 0.25) is 0 Å². The summed E-state index contributed by atoms with van der Waals surface area (Å²) in [6.45, 7) is 1.46. The molecule has 1 saturated heterocycles. The lowest BCUT2D eigenvalue weighted by Crippen LogP contribution is -2.44. The Morgan fingerprint density at radius 3 is 2.61 bits per heavy atom. The number of benzene rings is 1. The highest BCUT2D eigenvalue weighted by Gasteiger charge is 2.46. The van der Waals surface area contributed by atoms with Gasteiger partial charge in [0.1, 0.15) is 0 Å². The number of rotatable bonds is 4. The average molecular weight is 378 g/mol. The van der Waals surface area contributed by atoms with Gasteiger partial charge in [-0.25, -0.2) is 0 Å². The van der Waals surface area contributed by atoms with Gasteiger partial charge in [-0.15, -0.1) is 0 Å². The van der Waals surface area contributed by atoms with E-state index in [1.165, 1.54) is 11.1 Å². The highest BCUT2D eigenvalue weighted by atomic mass is 16.3. The van der Waals surface area contributed by atoms with Crippen LogP contribution < -0.4 is 5.32 Å². The Balaban J connectivity index is 1.31. The minimum Gasteiger partial charge on any atom is -0.459 e. The Labute approximate surface area is 165 Å². The maximum absolute atomic E-state index is 12.6. The van der Waals surface area contributed by atoms with Crippen LogP contribution in [0.1, 0.15) is 66.1 Å². The minimum absolute atomic E-state index is 0.0218. The Morgan fingerprint density at radius 2 is 1.89 bits per heavy atom. The van der Waals surface area contributed by atoms with Gasteiger partial charge in [0.15, 0.2) is 5.76 Å². The van der Waals surface area contributed by atoms with E-state index < -0.39 is 0 Å². The quantitative estimate of drug-likeness (QED) is 0.884. The molecule has 1 N–H and O–H groups in total. The van der Waals surface area contributed by atoms with Gasteiger partial charge >= 0.3 is 0 Å². The third-order valence-electron chi connectivity index (χ3n) is 6.72. The molecule has 1 atom stereocenters. The van der Waals surface area contributed by atoms with Crippen molar-refractivity contribution in [2.75, 3.05) is 13.1 Å². The number of piperidine rings is 1. The van der Waals surface area contributed by atoms with Crippen LogP contribution in [-0.4, -0.2) is 35.8 Å². The Bertz CT molecular complexity index is 877. The van der Waals surface area contributed by atoms with Crippen molar-refractivity contribution in [3.8, 4) is 0 Å². The van der Waals surface area contributed by atoms with Crippen LogP contribution in [-0.2, 0) is 10.2 Å². The molecule has 5 nitrogen and oxygen atoms in total. The van der Waals surface area contributed by atoms with Crippen LogP contribution in [0.25, 0.3) is 0 Å². The van der Waals surface area contributed by atoms with E-state index in [1.54, 1.807) is 18.4 Å². The number of likely N-dealkylation sites (tertiary alicyclic amines) is 1. The first-order chi connectivity index (χ1) is 13.6. The van der Waals surface area contributed by atoms with Crippen LogP contribution >= 0.6 is 0 Å². The number of hydrogen-bond acceptors (Lipinski definition) is 3. The van der Waals surface area contributed by atoms with Crippen molar-refractivity contribution in [2.24, 2.45) is 0 Å². The molecule has 1 spiro atoms. The molecule has 2 heterocycles. The van der Waals surface area contributed by atoms with E-state index in [0.717, 1.165) is 45.2 Å². The van der Waals surface area contributed by atoms with Gasteiger partial charge in [-0.3, -0.25) is 9.59 Å². The number of carbonyl (C=O) groups is 2. The lowest BCUT2D eigenvalue weighted by atomic mass is 9.73. The molecule has 0 unspecified atom stereocenters. The zero-order chi connectivity index (χ0) is 19.1. The Kier molecular flexibility index (Phi) is 4.26. The molecule has 1 saturated carbocycles. The summed E-state index contributed by atoms with van der Waals surface area (Å²) < 4.78 is 5.28. The van der Waals surface area contributed by atoms with Crippen molar-refractivity contribution < 1.29 is 14.0 Å². The molecule has 28 heavy (non-hydrogen) atoms. The van der Waals surface area contributed by atoms with Crippen molar-refractivity contribution >= 4 is 11.8 Å². The van der Waals surface area contributed by atoms with E-state index in [2.05, 4.69) is 29.6 Å². The Morgan fingerprint density at radius 1 is 1.11 bits per heavy atom. The second kappa shape index (κ2) is 6.80. The van der Waals surface area contributed by atoms with Crippen LogP contribution in [0.3, 0.4) is 0 Å². The maximum atomic E-state index is 12.6. The summed E-state index contributed by atoms with van der Waals surface area (Å²) in [4.78, 5) is 26.9. The SMILES string of the molecule is O=C(C[C@@H]1CC2(CCN(C(=O)c3ccco3)CC2)c2ccccc21)NC1CC1. The van der Waals surface area contributed by atoms with Gasteiger partial charge in [-0.2, -0.15) is 0 Å². The fourth-order valence-corrected chi connectivity index (χ4v) is 5.12. The van der Waals surface area contributed by atoms with E-state index >= 15 is 0 Å². The Hall–Kier alpha value is -2.56. The lowest BCUT2D eigenvalue weighted by Gasteiger charge is -2.40. The summed E-state index contributed by atoms with van der Waals surface area (Å²) in [6.07, 6.45) is 7.25. The molecule has 0 bridgehead atoms. The zero-order valence-corrected chi connectivity index (χ0v) is 16.0. The molecule has 5 heteroatoms. The summed E-state index contributed by atoms with van der Waals surface area (Å²) in [5.74, 6) is 0.857. The number of amides is 2. The normalized spacial score (nSPS) is 22.9. The largest absolute Gasteiger partial charge is 0.459 e. The molecule has 3 aliphatic rings. The predicted molar refractivity (Wildman–Crippen MR) is 105 cm³/mol. The van der Waals surface area contributed by atoms with Gasteiger partial charge in [-0.1, -0.05) is 24.3 Å². The molecular weight excluding hydrogens is 352 g/mol. The van der Waals surface area contributed by atoms with Gasteiger partial charge in [0.2, 0.25) is 5.91 Å². The first-order valence-corrected chi connectivity index (χ1v) is 10.4. The molecule has 2 fully saturated rings. The summed E-state index contributed by atoms with van der Waals surface area (Å²) >= 11 is 0. The van der Waals surface area contributed by atoms with E-state index in [0.29, 0.717) is 18.2 Å². The first-order valence-electron chi connectivity index (χ1n) is 10.4. The summed E-state index contributed by atoms with van der Waals surface area (Å²) in [5.41, 5.74) is 2.81. The summed E-state index contributed by atoms with van der Waals surface area (Å²) in [7, 11) is 0. The van der Waals surface area contributed by atoms with Crippen molar-refractivity contribution in [2.45, 2.75) is 55.9 Å². The van der Waals surface area contributed by atoms with Crippen LogP contribution in [0.5, 0.6) is 0 Å². The third-order valence-corrected chi connectivity index (χ3v) is 6.72. The molecule has 2 aliphatic carbocycles. The van der Waals surface area contributed by atoms with Crippen molar-refractivity contribution in [3.05, 3.63) is 59.5 Å². The number of carbonyl (C=O) groups excluding carboxylic acids is 2. The van der Waals surface area contributed by atoms with Gasteiger partial charge in [0, 0.05) is 25.6 Å². The molecular formula is C23H26N2O3. The van der Waals surface area contributed by atoms with Crippen molar-refractivity contribution in [1.82, 2.24) is 10.2 Å². The minimum atomic E-state index is -0.0218. The molecule has 1 aromatic carbocycles. The molecule has 1 aliphatic heterocycles. The van der Waals surface area contributed by atoms with Gasteiger partial charge in [0.25, 0.3) is 5.91 Å². The standard InChI is InChI=1S/C23H26N2O3/c26-21(24-17-7-8-17)14-16-15-23(19-5-2-1-4-18(16)19)9-11-25(12-10-23)22(27)20-6-3-13-28-20/h1-6,13,16-17H,7-12,14-15H2,(H,24,26)/t16-/m1/s1. The number of nitrogens with zero attached hydrogens (tertiary/aromatic N) is 1. The van der Waals surface area contributed by atoms with Gasteiger partial charge in [-0.05, 0) is 66.7 Å². The molecule has 2 amide bonds. The number of fused-ring (bicyclic) bond motifs is 2. The first kappa shape index (κ1) is 17.5. The third kappa shape index (κ3) is 3.13. The molecule has 1 aromatic heterocycles. The van der Waals surface area contributed by atoms with Crippen molar-refractivity contribution in [3.63, 3.8) is 0 Å². The number of furan rings is 1. The predicted octanol–water partition coefficient (Wildman–Crippen LogP) is 3.61. The van der Waals surface area contributed by atoms with Gasteiger partial charge in [0.05, 0.1) is 6.26 Å². The van der Waals surface area contributed by atoms with Crippen molar-refractivity contribution in [1.29, 1.82) is 0 Å². The highest BCUT2D eigenvalue weighted by molar-refractivity contribution is 5.91. The fraction of sp³-hybridized carbons (Fsp3) is 0.478. The smallest absolute Gasteiger partial charge is 0.289 e. The van der Waals surface area contributed by atoms with E-state index in [4.69, 9.17) is 4.42 Å². The summed E-state index contributed by atoms with van der Waals surface area (Å²) in [5, 5.41) is 3.14. The second-order valence-corrected chi connectivity index (χ2v) is 8.58. The lowest BCUT2D eigenvalue weighted by molar-refractivity contribution is -0.121. The molecule has 5 rings (SSSR count). The highest BCUT2D eigenvalue weighted by Crippen LogP contribution is 2.52. The summed E-state index contributed by atoms with van der Waals surface area (Å²) in [6, 6.07) is 12.5. The number of nitrogens with one attached hydrogen (secondary N) is 1. The fourth-order valence-electron chi connectivity index (χ4n) is 5.12. The van der Waals surface area contributed by atoms with E-state index in [1.807, 2.05) is 4.90 Å². The van der Waals surface area contributed by atoms with E-state index in [9.17, 15) is 9.59 Å². The van der Waals surface area contributed by atoms with Gasteiger partial charge < -0.3 is 14.6 Å². The zero-order valence-electron chi connectivity index (χ0n) is 16.0. The van der Waals surface area contributed by atoms with Crippen LogP contribution in [0.4, 0.5) is 0 Å². The molecule has 0 radical (unpaired) electrons. The average Bonchev–Trinajstić information content (AvgIpc) is 3.25. The molecule has 2 aromatic rings. The number of hydrogen-bond donors (Lipinski definition) is 1.